The molecule has 0 aliphatic carbocycles. The molecule has 0 spiro atoms. The second-order valence-electron chi connectivity index (χ2n) is 5.86. The Hall–Kier alpha value is -2.19. The minimum Gasteiger partial charge on any atom is -0.374 e. The molecule has 0 aliphatic rings. The molecule has 1 unspecified atom stereocenters. The van der Waals surface area contributed by atoms with E-state index < -0.39 is 0 Å². The normalized spacial score (nSPS) is 12.2. The Morgan fingerprint density at radius 2 is 1.96 bits per heavy atom. The third-order valence-corrected chi connectivity index (χ3v) is 4.42. The Kier molecular flexibility index (Phi) is 6.51. The molecular weight excluding hydrogens is 324 g/mol. The van der Waals surface area contributed by atoms with Gasteiger partial charge in [-0.25, -0.2) is 4.79 Å². The highest BCUT2D eigenvalue weighted by atomic mass is 32.1. The Balaban J connectivity index is 2.02. The molecule has 2 aromatic rings. The molecule has 1 aromatic carbocycles. The van der Waals surface area contributed by atoms with Crippen molar-refractivity contribution in [2.24, 2.45) is 0 Å². The lowest BCUT2D eigenvalue weighted by Crippen LogP contribution is -2.43. The highest BCUT2D eigenvalue weighted by Crippen LogP contribution is 2.19. The van der Waals surface area contributed by atoms with E-state index in [1.165, 1.54) is 11.3 Å². The smallest absolute Gasteiger partial charge is 0.318 e. The summed E-state index contributed by atoms with van der Waals surface area (Å²) in [4.78, 5) is 16.5. The van der Waals surface area contributed by atoms with Crippen molar-refractivity contribution in [1.29, 1.82) is 0 Å². The van der Waals surface area contributed by atoms with Gasteiger partial charge in [-0.3, -0.25) is 0 Å². The third kappa shape index (κ3) is 5.47. The fourth-order valence-corrected chi connectivity index (χ4v) is 2.75. The highest BCUT2D eigenvalue weighted by molar-refractivity contribution is 7.15. The monoisotopic (exact) mass is 348 g/mol. The van der Waals surface area contributed by atoms with Crippen LogP contribution in [0.4, 0.5) is 9.93 Å². The number of carbonyl (C=O) groups is 1. The first kappa shape index (κ1) is 18.2. The van der Waals surface area contributed by atoms with Crippen molar-refractivity contribution in [1.82, 2.24) is 25.3 Å². The molecule has 3 N–H and O–H groups in total. The number of nitrogen functional groups attached to an aromatic ring is 1. The highest BCUT2D eigenvalue weighted by Gasteiger charge is 2.19. The molecule has 0 saturated heterocycles. The molecule has 0 bridgehead atoms. The zero-order valence-electron chi connectivity index (χ0n) is 14.3. The van der Waals surface area contributed by atoms with Crippen molar-refractivity contribution in [3.63, 3.8) is 0 Å². The quantitative estimate of drug-likeness (QED) is 0.798. The second-order valence-corrected chi connectivity index (χ2v) is 6.90. The lowest BCUT2D eigenvalue weighted by Gasteiger charge is -2.26. The molecule has 2 amide bonds. The van der Waals surface area contributed by atoms with Crippen molar-refractivity contribution in [2.45, 2.75) is 19.5 Å². The van der Waals surface area contributed by atoms with Gasteiger partial charge in [-0.2, -0.15) is 0 Å². The van der Waals surface area contributed by atoms with Gasteiger partial charge in [-0.15, -0.1) is 10.2 Å². The van der Waals surface area contributed by atoms with E-state index in [4.69, 9.17) is 5.73 Å². The van der Waals surface area contributed by atoms with Crippen LogP contribution < -0.4 is 11.1 Å². The van der Waals surface area contributed by atoms with E-state index in [2.05, 4.69) is 20.4 Å². The Labute approximate surface area is 146 Å². The number of carbonyl (C=O) groups excluding carboxylic acids is 1. The first-order valence-corrected chi connectivity index (χ1v) is 8.60. The average Bonchev–Trinajstić information content (AvgIpc) is 2.98. The third-order valence-electron chi connectivity index (χ3n) is 3.49. The number of aromatic nitrogens is 2. The van der Waals surface area contributed by atoms with Gasteiger partial charge in [-0.05, 0) is 26.6 Å². The summed E-state index contributed by atoms with van der Waals surface area (Å²) in [6.45, 7) is 3.87. The number of rotatable bonds is 7. The first-order valence-electron chi connectivity index (χ1n) is 7.78. The minimum absolute atomic E-state index is 0.123. The van der Waals surface area contributed by atoms with Crippen LogP contribution in [0.2, 0.25) is 0 Å². The van der Waals surface area contributed by atoms with E-state index >= 15 is 0 Å². The molecule has 0 aliphatic heterocycles. The summed E-state index contributed by atoms with van der Waals surface area (Å²) < 4.78 is 0. The topological polar surface area (TPSA) is 87.4 Å². The van der Waals surface area contributed by atoms with Crippen LogP contribution in [-0.4, -0.2) is 53.2 Å². The number of nitrogens with one attached hydrogen (secondary N) is 1. The number of amides is 2. The minimum atomic E-state index is -0.232. The summed E-state index contributed by atoms with van der Waals surface area (Å²) in [5, 5.41) is 11.9. The maximum Gasteiger partial charge on any atom is 0.318 e. The first-order chi connectivity index (χ1) is 11.5. The molecule has 1 aromatic heterocycles. The standard InChI is InChI=1S/C16H24N6OS/c1-12(14-19-20-15(17)24-14)18-16(23)22(10-9-21(2)3)11-13-7-5-4-6-8-13/h4-8,12H,9-11H2,1-3H3,(H2,17,20)(H,18,23). The molecule has 7 nitrogen and oxygen atoms in total. The van der Waals surface area contributed by atoms with Crippen LogP contribution in [-0.2, 0) is 6.54 Å². The number of nitrogens with zero attached hydrogens (tertiary/aromatic N) is 4. The van der Waals surface area contributed by atoms with Crippen LogP contribution in [0.25, 0.3) is 0 Å². The van der Waals surface area contributed by atoms with E-state index in [1.54, 1.807) is 4.90 Å². The van der Waals surface area contributed by atoms with E-state index in [0.29, 0.717) is 23.2 Å². The molecule has 1 heterocycles. The number of hydrogen-bond acceptors (Lipinski definition) is 6. The Bertz CT molecular complexity index is 645. The van der Waals surface area contributed by atoms with Crippen LogP contribution in [0.5, 0.6) is 0 Å². The van der Waals surface area contributed by atoms with Gasteiger partial charge in [0.1, 0.15) is 5.01 Å². The van der Waals surface area contributed by atoms with Crippen molar-refractivity contribution < 1.29 is 4.79 Å². The molecule has 1 atom stereocenters. The molecule has 8 heteroatoms. The van der Waals surface area contributed by atoms with Gasteiger partial charge in [-0.1, -0.05) is 41.7 Å². The summed E-state index contributed by atoms with van der Waals surface area (Å²) in [7, 11) is 3.98. The number of urea groups is 1. The van der Waals surface area contributed by atoms with Crippen molar-refractivity contribution in [3.05, 3.63) is 40.9 Å². The molecule has 24 heavy (non-hydrogen) atoms. The summed E-state index contributed by atoms with van der Waals surface area (Å²) in [6.07, 6.45) is 0. The van der Waals surface area contributed by atoms with Crippen LogP contribution in [0, 0.1) is 0 Å². The molecule has 2 rings (SSSR count). The van der Waals surface area contributed by atoms with Crippen molar-refractivity contribution in [2.75, 3.05) is 32.9 Å². The van der Waals surface area contributed by atoms with Crippen molar-refractivity contribution in [3.8, 4) is 0 Å². The number of hydrogen-bond donors (Lipinski definition) is 2. The van der Waals surface area contributed by atoms with E-state index in [9.17, 15) is 4.79 Å². The molecule has 0 fully saturated rings. The zero-order valence-corrected chi connectivity index (χ0v) is 15.1. The summed E-state index contributed by atoms with van der Waals surface area (Å²) >= 11 is 1.29. The lowest BCUT2D eigenvalue weighted by atomic mass is 10.2. The average molecular weight is 348 g/mol. The fraction of sp³-hybridized carbons (Fsp3) is 0.438. The van der Waals surface area contributed by atoms with E-state index in [0.717, 1.165) is 12.1 Å². The predicted molar refractivity (Wildman–Crippen MR) is 96.7 cm³/mol. The lowest BCUT2D eigenvalue weighted by molar-refractivity contribution is 0.185. The predicted octanol–water partition coefficient (Wildman–Crippen LogP) is 1.95. The van der Waals surface area contributed by atoms with Gasteiger partial charge < -0.3 is 20.9 Å². The van der Waals surface area contributed by atoms with Crippen LogP contribution >= 0.6 is 11.3 Å². The maximum absolute atomic E-state index is 12.7. The van der Waals surface area contributed by atoms with Crippen LogP contribution in [0.15, 0.2) is 30.3 Å². The number of anilines is 1. The van der Waals surface area contributed by atoms with E-state index in [1.807, 2.05) is 51.4 Å². The van der Waals surface area contributed by atoms with Gasteiger partial charge in [0.25, 0.3) is 0 Å². The maximum atomic E-state index is 12.7. The van der Waals surface area contributed by atoms with E-state index in [-0.39, 0.29) is 12.1 Å². The van der Waals surface area contributed by atoms with Gasteiger partial charge >= 0.3 is 6.03 Å². The Morgan fingerprint density at radius 1 is 1.25 bits per heavy atom. The second kappa shape index (κ2) is 8.60. The number of likely N-dealkylation sites (N-methyl/N-ethyl adjacent to an activating group) is 1. The van der Waals surface area contributed by atoms with Crippen LogP contribution in [0.3, 0.4) is 0 Å². The largest absolute Gasteiger partial charge is 0.374 e. The van der Waals surface area contributed by atoms with Gasteiger partial charge in [0, 0.05) is 19.6 Å². The molecule has 0 saturated carbocycles. The SMILES string of the molecule is CC(NC(=O)N(CCN(C)C)Cc1ccccc1)c1nnc(N)s1. The van der Waals surface area contributed by atoms with Crippen LogP contribution in [0.1, 0.15) is 23.5 Å². The van der Waals surface area contributed by atoms with Gasteiger partial charge in [0.05, 0.1) is 6.04 Å². The fourth-order valence-electron chi connectivity index (χ4n) is 2.14. The number of nitrogens with two attached hydrogens (primary N) is 1. The summed E-state index contributed by atoms with van der Waals surface area (Å²) in [5.41, 5.74) is 6.70. The van der Waals surface area contributed by atoms with Gasteiger partial charge in [0.15, 0.2) is 0 Å². The zero-order chi connectivity index (χ0) is 17.5. The number of benzene rings is 1. The summed E-state index contributed by atoms with van der Waals surface area (Å²) in [5.74, 6) is 0. The Morgan fingerprint density at radius 3 is 2.54 bits per heavy atom. The summed E-state index contributed by atoms with van der Waals surface area (Å²) in [6, 6.07) is 9.60. The van der Waals surface area contributed by atoms with Crippen molar-refractivity contribution >= 4 is 22.5 Å². The van der Waals surface area contributed by atoms with Gasteiger partial charge in [0.2, 0.25) is 5.13 Å². The molecule has 130 valence electrons. The molecular formula is C16H24N6OS. The molecule has 0 radical (unpaired) electrons.